The predicted molar refractivity (Wildman–Crippen MR) is 328 cm³/mol. The molecule has 434 valence electrons. The van der Waals surface area contributed by atoms with Crippen molar-refractivity contribution >= 4 is 0 Å². The van der Waals surface area contributed by atoms with Gasteiger partial charge in [0, 0.05) is 13.7 Å². The summed E-state index contributed by atoms with van der Waals surface area (Å²) in [6, 6.07) is 0. The molecule has 0 aliphatic heterocycles. The number of ether oxygens (including phenoxy) is 2. The van der Waals surface area contributed by atoms with Crippen LogP contribution < -0.4 is 0 Å². The molecule has 0 radical (unpaired) electrons. The Bertz CT molecular complexity index is 902. The summed E-state index contributed by atoms with van der Waals surface area (Å²) in [5.41, 5.74) is 0. The molecule has 0 saturated carbocycles. The fraction of sp³-hybridized carbons (Fsp3) is 1.00. The van der Waals surface area contributed by atoms with Gasteiger partial charge in [0.2, 0.25) is 0 Å². The monoisotopic (exact) mass is 1020 g/mol. The number of hydrogen-bond acceptors (Lipinski definition) is 2. The second kappa shape index (κ2) is 67.0. The topological polar surface area (TPSA) is 18.5 Å². The van der Waals surface area contributed by atoms with Crippen LogP contribution in [0, 0.1) is 0 Å². The zero-order chi connectivity index (χ0) is 51.8. The molecule has 72 heavy (non-hydrogen) atoms. The van der Waals surface area contributed by atoms with Crippen molar-refractivity contribution in [1.29, 1.82) is 0 Å². The zero-order valence-corrected chi connectivity index (χ0v) is 51.2. The fourth-order valence-corrected chi connectivity index (χ4v) is 11.8. The molecule has 0 saturated heterocycles. The van der Waals surface area contributed by atoms with Crippen LogP contribution in [0.25, 0.3) is 0 Å². The van der Waals surface area contributed by atoms with E-state index in [9.17, 15) is 0 Å². The third-order valence-corrected chi connectivity index (χ3v) is 17.0. The molecule has 0 aromatic heterocycles. The first kappa shape index (κ1) is 71.9. The largest absolute Gasteiger partial charge is 0.379 e. The summed E-state index contributed by atoms with van der Waals surface area (Å²) in [7, 11) is 1.97. The molecule has 0 aromatic carbocycles. The van der Waals surface area contributed by atoms with Gasteiger partial charge in [-0.3, -0.25) is 0 Å². The molecule has 0 spiro atoms. The highest BCUT2D eigenvalue weighted by molar-refractivity contribution is 4.72. The Kier molecular flexibility index (Phi) is 67.0. The minimum Gasteiger partial charge on any atom is -0.379 e. The Morgan fingerprint density at radius 2 is 0.333 bits per heavy atom. The van der Waals surface area contributed by atoms with Gasteiger partial charge in [0.25, 0.3) is 0 Å². The first-order valence-electron chi connectivity index (χ1n) is 34.9. The van der Waals surface area contributed by atoms with Crippen LogP contribution in [0.5, 0.6) is 0 Å². The average Bonchev–Trinajstić information content (AvgIpc) is 3.39. The Labute approximate surface area is 458 Å². The van der Waals surface area contributed by atoms with Crippen molar-refractivity contribution in [3.8, 4) is 0 Å². The Hall–Kier alpha value is -0.0800. The smallest absolute Gasteiger partial charge is 0.0836 e. The third-order valence-electron chi connectivity index (χ3n) is 17.0. The molecule has 2 heteroatoms. The van der Waals surface area contributed by atoms with Crippen molar-refractivity contribution in [3.63, 3.8) is 0 Å². The lowest BCUT2D eigenvalue weighted by Gasteiger charge is -2.27. The molecule has 0 N–H and O–H groups in total. The van der Waals surface area contributed by atoms with Crippen LogP contribution in [-0.4, -0.2) is 25.9 Å². The molecule has 0 aliphatic rings. The van der Waals surface area contributed by atoms with E-state index in [-0.39, 0.29) is 12.2 Å². The van der Waals surface area contributed by atoms with Crippen LogP contribution in [-0.2, 0) is 9.47 Å². The summed E-state index contributed by atoms with van der Waals surface area (Å²) in [5, 5.41) is 0. The molecule has 0 bridgehead atoms. The van der Waals surface area contributed by atoms with Crippen LogP contribution >= 0.6 is 0 Å². The SMILES string of the molecule is CCCCCCCCCCCCCCCCCCCCCCCOC(CCCCCCCCCCCCCCCCCCCCCCC)C(CCCCCCCCCCCCCCCCCCCCC)OC. The maximum absolute atomic E-state index is 6.75. The van der Waals surface area contributed by atoms with Crippen LogP contribution in [0.4, 0.5) is 0 Å². The Morgan fingerprint density at radius 1 is 0.181 bits per heavy atom. The quantitative estimate of drug-likeness (QED) is 0.0565. The molecule has 0 aromatic rings. The minimum atomic E-state index is 0.274. The van der Waals surface area contributed by atoms with E-state index in [4.69, 9.17) is 9.47 Å². The van der Waals surface area contributed by atoms with E-state index >= 15 is 0 Å². The van der Waals surface area contributed by atoms with E-state index < -0.39 is 0 Å². The summed E-state index contributed by atoms with van der Waals surface area (Å²) in [4.78, 5) is 0. The van der Waals surface area contributed by atoms with Gasteiger partial charge >= 0.3 is 0 Å². The van der Waals surface area contributed by atoms with Gasteiger partial charge in [-0.1, -0.05) is 406 Å². The van der Waals surface area contributed by atoms with Gasteiger partial charge in [-0.25, -0.2) is 0 Å². The third kappa shape index (κ3) is 60.8. The van der Waals surface area contributed by atoms with E-state index in [1.165, 1.54) is 405 Å². The summed E-state index contributed by atoms with van der Waals surface area (Å²) >= 11 is 0. The predicted octanol–water partition coefficient (Wildman–Crippen LogP) is 26.0. The molecule has 0 heterocycles. The lowest BCUT2D eigenvalue weighted by atomic mass is 9.98. The molecular weight excluding hydrogens is 873 g/mol. The summed E-state index contributed by atoms with van der Waals surface area (Å²) in [5.74, 6) is 0. The summed E-state index contributed by atoms with van der Waals surface area (Å²) in [6.07, 6.45) is 90.9. The van der Waals surface area contributed by atoms with Gasteiger partial charge < -0.3 is 9.47 Å². The molecule has 2 unspecified atom stereocenters. The van der Waals surface area contributed by atoms with Gasteiger partial charge in [-0.15, -0.1) is 0 Å². The highest BCUT2D eigenvalue weighted by Gasteiger charge is 2.21. The van der Waals surface area contributed by atoms with Crippen molar-refractivity contribution in [2.24, 2.45) is 0 Å². The van der Waals surface area contributed by atoms with Gasteiger partial charge in [-0.2, -0.15) is 0 Å². The normalized spacial score (nSPS) is 12.7. The van der Waals surface area contributed by atoms with Gasteiger partial charge in [-0.05, 0) is 19.3 Å². The Balaban J connectivity index is 4.17. The number of methoxy groups -OCH3 is 1. The first-order valence-corrected chi connectivity index (χ1v) is 34.9. The molecule has 0 rings (SSSR count). The second-order valence-electron chi connectivity index (χ2n) is 24.3. The maximum atomic E-state index is 6.75. The van der Waals surface area contributed by atoms with E-state index in [0.717, 1.165) is 6.61 Å². The van der Waals surface area contributed by atoms with E-state index in [1.54, 1.807) is 0 Å². The number of hydrogen-bond donors (Lipinski definition) is 0. The molecule has 0 amide bonds. The fourth-order valence-electron chi connectivity index (χ4n) is 11.8. The van der Waals surface area contributed by atoms with Crippen molar-refractivity contribution in [2.75, 3.05) is 13.7 Å². The standard InChI is InChI=1S/C70H142O2/c1-5-8-11-14-17-20-23-26-29-32-35-37-40-43-46-49-52-55-58-61-64-67-70(69(71-4)66-63-60-57-54-51-48-45-42-39-34-31-28-25-22-19-16-13-10-7-3)72-68-65-62-59-56-53-50-47-44-41-38-36-33-30-27-24-21-18-15-12-9-6-2/h69-70H,5-68H2,1-4H3. The summed E-state index contributed by atoms with van der Waals surface area (Å²) in [6.45, 7) is 7.88. The van der Waals surface area contributed by atoms with Crippen molar-refractivity contribution in [1.82, 2.24) is 0 Å². The lowest BCUT2D eigenvalue weighted by molar-refractivity contribution is -0.0657. The summed E-state index contributed by atoms with van der Waals surface area (Å²) < 4.78 is 13.0. The zero-order valence-electron chi connectivity index (χ0n) is 51.2. The number of rotatable bonds is 67. The van der Waals surface area contributed by atoms with Crippen molar-refractivity contribution < 1.29 is 9.47 Å². The van der Waals surface area contributed by atoms with Gasteiger partial charge in [0.15, 0.2) is 0 Å². The molecule has 0 fully saturated rings. The maximum Gasteiger partial charge on any atom is 0.0836 e. The van der Waals surface area contributed by atoms with Crippen LogP contribution in [0.15, 0.2) is 0 Å². The van der Waals surface area contributed by atoms with Crippen LogP contribution in [0.3, 0.4) is 0 Å². The molecule has 2 atom stereocenters. The highest BCUT2D eigenvalue weighted by atomic mass is 16.5. The average molecular weight is 1020 g/mol. The van der Waals surface area contributed by atoms with Gasteiger partial charge in [0.1, 0.15) is 0 Å². The first-order chi connectivity index (χ1) is 35.8. The van der Waals surface area contributed by atoms with Gasteiger partial charge in [0.05, 0.1) is 12.2 Å². The molecule has 0 aliphatic carbocycles. The molecule has 2 nitrogen and oxygen atoms in total. The van der Waals surface area contributed by atoms with Crippen molar-refractivity contribution in [2.45, 2.75) is 437 Å². The second-order valence-corrected chi connectivity index (χ2v) is 24.3. The Morgan fingerprint density at radius 3 is 0.514 bits per heavy atom. The van der Waals surface area contributed by atoms with E-state index in [1.807, 2.05) is 7.11 Å². The van der Waals surface area contributed by atoms with Crippen molar-refractivity contribution in [3.05, 3.63) is 0 Å². The molecular formula is C70H142O2. The van der Waals surface area contributed by atoms with Crippen LogP contribution in [0.1, 0.15) is 425 Å². The lowest BCUT2D eigenvalue weighted by Crippen LogP contribution is -2.31. The van der Waals surface area contributed by atoms with E-state index in [2.05, 4.69) is 20.8 Å². The highest BCUT2D eigenvalue weighted by Crippen LogP contribution is 2.23. The minimum absolute atomic E-state index is 0.274. The van der Waals surface area contributed by atoms with Crippen LogP contribution in [0.2, 0.25) is 0 Å². The van der Waals surface area contributed by atoms with E-state index in [0.29, 0.717) is 0 Å². The number of unbranched alkanes of at least 4 members (excludes halogenated alkanes) is 58.